The van der Waals surface area contributed by atoms with Crippen LogP contribution in [0.1, 0.15) is 52.4 Å². The first-order chi connectivity index (χ1) is 9.20. The number of hydrogen-bond donors (Lipinski definition) is 0. The molecule has 0 saturated heterocycles. The van der Waals surface area contributed by atoms with Gasteiger partial charge in [-0.2, -0.15) is 0 Å². The van der Waals surface area contributed by atoms with Crippen LogP contribution in [0.2, 0.25) is 0 Å². The van der Waals surface area contributed by atoms with Gasteiger partial charge in [0.15, 0.2) is 0 Å². The molecule has 0 aromatic heterocycles. The molecule has 0 unspecified atom stereocenters. The van der Waals surface area contributed by atoms with E-state index in [1.807, 2.05) is 13.8 Å². The molecule has 19 heavy (non-hydrogen) atoms. The highest BCUT2D eigenvalue weighted by atomic mass is 16.5. The van der Waals surface area contributed by atoms with Gasteiger partial charge in [-0.25, -0.2) is 0 Å². The van der Waals surface area contributed by atoms with E-state index in [1.54, 1.807) is 0 Å². The van der Waals surface area contributed by atoms with Crippen LogP contribution < -0.4 is 0 Å². The Hall–Kier alpha value is -1.10. The van der Waals surface area contributed by atoms with Crippen molar-refractivity contribution < 1.29 is 23.8 Å². The van der Waals surface area contributed by atoms with Crippen molar-refractivity contribution in [1.82, 2.24) is 0 Å². The van der Waals surface area contributed by atoms with Crippen molar-refractivity contribution in [3.63, 3.8) is 0 Å². The normalized spacial score (nSPS) is 10.2. The van der Waals surface area contributed by atoms with E-state index in [2.05, 4.69) is 0 Å². The van der Waals surface area contributed by atoms with Crippen LogP contribution in [0.3, 0.4) is 0 Å². The van der Waals surface area contributed by atoms with E-state index < -0.39 is 0 Å². The van der Waals surface area contributed by atoms with Crippen molar-refractivity contribution in [1.29, 1.82) is 0 Å². The molecule has 0 amide bonds. The van der Waals surface area contributed by atoms with E-state index >= 15 is 0 Å². The highest BCUT2D eigenvalue weighted by molar-refractivity contribution is 5.70. The van der Waals surface area contributed by atoms with Gasteiger partial charge in [0.1, 0.15) is 0 Å². The quantitative estimate of drug-likeness (QED) is 0.404. The lowest BCUT2D eigenvalue weighted by Crippen LogP contribution is -2.12. The van der Waals surface area contributed by atoms with Crippen molar-refractivity contribution in [2.45, 2.75) is 52.4 Å². The molecule has 5 heteroatoms. The summed E-state index contributed by atoms with van der Waals surface area (Å²) in [7, 11) is 0. The van der Waals surface area contributed by atoms with Gasteiger partial charge in [0.25, 0.3) is 0 Å². The second-order valence-corrected chi connectivity index (χ2v) is 4.26. The Labute approximate surface area is 115 Å². The average molecular weight is 274 g/mol. The maximum atomic E-state index is 11.2. The molecule has 0 radical (unpaired) electrons. The molecule has 0 heterocycles. The van der Waals surface area contributed by atoms with Gasteiger partial charge in [-0.1, -0.05) is 26.7 Å². The van der Waals surface area contributed by atoms with E-state index in [0.29, 0.717) is 13.2 Å². The van der Waals surface area contributed by atoms with Crippen LogP contribution in [-0.2, 0) is 23.8 Å². The van der Waals surface area contributed by atoms with Crippen LogP contribution in [0, 0.1) is 0 Å². The SMILES string of the molecule is CCCCOC(=O)CCOCCC(=O)OCCCC. The molecule has 0 aliphatic rings. The van der Waals surface area contributed by atoms with Gasteiger partial charge in [-0.3, -0.25) is 9.59 Å². The summed E-state index contributed by atoms with van der Waals surface area (Å²) in [6.45, 7) is 5.59. The Morgan fingerprint density at radius 3 is 1.53 bits per heavy atom. The van der Waals surface area contributed by atoms with Crippen molar-refractivity contribution in [2.24, 2.45) is 0 Å². The number of carbonyl (C=O) groups is 2. The number of hydrogen-bond acceptors (Lipinski definition) is 5. The summed E-state index contributed by atoms with van der Waals surface area (Å²) in [5.41, 5.74) is 0. The molecule has 0 aliphatic heterocycles. The monoisotopic (exact) mass is 274 g/mol. The number of carbonyl (C=O) groups excluding carboxylic acids is 2. The van der Waals surface area contributed by atoms with Gasteiger partial charge in [0.2, 0.25) is 0 Å². The maximum Gasteiger partial charge on any atom is 0.308 e. The zero-order valence-corrected chi connectivity index (χ0v) is 12.1. The molecule has 0 saturated carbocycles. The lowest BCUT2D eigenvalue weighted by Gasteiger charge is -2.06. The Morgan fingerprint density at radius 1 is 0.737 bits per heavy atom. The summed E-state index contributed by atoms with van der Waals surface area (Å²) < 4.78 is 15.1. The molecule has 0 aromatic carbocycles. The van der Waals surface area contributed by atoms with E-state index in [-0.39, 0.29) is 38.0 Å². The van der Waals surface area contributed by atoms with Crippen LogP contribution in [0.15, 0.2) is 0 Å². The predicted molar refractivity (Wildman–Crippen MR) is 71.8 cm³/mol. The van der Waals surface area contributed by atoms with Crippen LogP contribution in [0.5, 0.6) is 0 Å². The summed E-state index contributed by atoms with van der Waals surface area (Å²) in [4.78, 5) is 22.4. The van der Waals surface area contributed by atoms with E-state index in [9.17, 15) is 9.59 Å². The van der Waals surface area contributed by atoms with E-state index in [1.165, 1.54) is 0 Å². The third kappa shape index (κ3) is 13.1. The van der Waals surface area contributed by atoms with Crippen molar-refractivity contribution in [2.75, 3.05) is 26.4 Å². The minimum Gasteiger partial charge on any atom is -0.466 e. The Morgan fingerprint density at radius 2 is 1.16 bits per heavy atom. The molecule has 0 spiro atoms. The first kappa shape index (κ1) is 17.9. The fourth-order valence-corrected chi connectivity index (χ4v) is 1.22. The minimum absolute atomic E-state index is 0.231. The summed E-state index contributed by atoms with van der Waals surface area (Å²) >= 11 is 0. The minimum atomic E-state index is -0.251. The van der Waals surface area contributed by atoms with Gasteiger partial charge in [-0.15, -0.1) is 0 Å². The zero-order chi connectivity index (χ0) is 14.3. The number of rotatable bonds is 12. The largest absolute Gasteiger partial charge is 0.466 e. The molecule has 0 atom stereocenters. The number of esters is 2. The second-order valence-electron chi connectivity index (χ2n) is 4.26. The number of ether oxygens (including phenoxy) is 3. The summed E-state index contributed by atoms with van der Waals surface area (Å²) in [5, 5.41) is 0. The molecule has 0 aromatic rings. The molecular formula is C14H26O5. The average Bonchev–Trinajstić information content (AvgIpc) is 2.39. The van der Waals surface area contributed by atoms with Crippen molar-refractivity contribution >= 4 is 11.9 Å². The molecule has 5 nitrogen and oxygen atoms in total. The molecule has 0 fully saturated rings. The summed E-state index contributed by atoms with van der Waals surface area (Å²) in [5.74, 6) is -0.502. The molecule has 112 valence electrons. The van der Waals surface area contributed by atoms with Crippen molar-refractivity contribution in [3.8, 4) is 0 Å². The molecule has 0 N–H and O–H groups in total. The van der Waals surface area contributed by atoms with Crippen molar-refractivity contribution in [3.05, 3.63) is 0 Å². The second kappa shape index (κ2) is 13.3. The van der Waals surface area contributed by atoms with Gasteiger partial charge >= 0.3 is 11.9 Å². The van der Waals surface area contributed by atoms with Gasteiger partial charge in [-0.05, 0) is 12.8 Å². The third-order valence-electron chi connectivity index (χ3n) is 2.42. The Balaban J connectivity index is 3.29. The first-order valence-electron chi connectivity index (χ1n) is 7.09. The first-order valence-corrected chi connectivity index (χ1v) is 7.09. The molecular weight excluding hydrogens is 248 g/mol. The molecule has 0 aliphatic carbocycles. The van der Waals surface area contributed by atoms with Crippen LogP contribution in [0.4, 0.5) is 0 Å². The van der Waals surface area contributed by atoms with Gasteiger partial charge in [0, 0.05) is 0 Å². The smallest absolute Gasteiger partial charge is 0.308 e. The van der Waals surface area contributed by atoms with Gasteiger partial charge in [0.05, 0.1) is 39.3 Å². The molecule has 0 bridgehead atoms. The zero-order valence-electron chi connectivity index (χ0n) is 12.1. The predicted octanol–water partition coefficient (Wildman–Crippen LogP) is 2.47. The third-order valence-corrected chi connectivity index (χ3v) is 2.42. The lowest BCUT2D eigenvalue weighted by atomic mass is 10.3. The van der Waals surface area contributed by atoms with Crippen LogP contribution in [-0.4, -0.2) is 38.4 Å². The molecule has 0 rings (SSSR count). The fraction of sp³-hybridized carbons (Fsp3) is 0.857. The summed E-state index contributed by atoms with van der Waals surface area (Å²) in [6, 6.07) is 0. The highest BCUT2D eigenvalue weighted by Crippen LogP contribution is 1.95. The van der Waals surface area contributed by atoms with Crippen LogP contribution in [0.25, 0.3) is 0 Å². The number of unbranched alkanes of at least 4 members (excludes halogenated alkanes) is 2. The topological polar surface area (TPSA) is 61.8 Å². The van der Waals surface area contributed by atoms with E-state index in [0.717, 1.165) is 25.7 Å². The van der Waals surface area contributed by atoms with E-state index in [4.69, 9.17) is 14.2 Å². The Bertz CT molecular complexity index is 216. The lowest BCUT2D eigenvalue weighted by molar-refractivity contribution is -0.145. The van der Waals surface area contributed by atoms with Gasteiger partial charge < -0.3 is 14.2 Å². The Kier molecular flexibility index (Phi) is 12.6. The fourth-order valence-electron chi connectivity index (χ4n) is 1.22. The highest BCUT2D eigenvalue weighted by Gasteiger charge is 2.04. The summed E-state index contributed by atoms with van der Waals surface area (Å²) in [6.07, 6.45) is 4.24. The standard InChI is InChI=1S/C14H26O5/c1-3-5-9-18-13(15)7-11-17-12-8-14(16)19-10-6-4-2/h3-12H2,1-2H3. The maximum absolute atomic E-state index is 11.2. The van der Waals surface area contributed by atoms with Crippen LogP contribution >= 0.6 is 0 Å².